The molecule has 7 heteroatoms. The number of nitrogens with zero attached hydrogens (tertiary/aromatic N) is 1. The number of aliphatic hydroxyl groups is 1. The van der Waals surface area contributed by atoms with E-state index < -0.39 is 0 Å². The second-order valence-corrected chi connectivity index (χ2v) is 5.57. The van der Waals surface area contributed by atoms with Crippen molar-refractivity contribution in [3.05, 3.63) is 22.2 Å². The first-order valence-corrected chi connectivity index (χ1v) is 7.23. The highest BCUT2D eigenvalue weighted by Crippen LogP contribution is 2.40. The Labute approximate surface area is 132 Å². The standard InChI is InChI=1S/C13H17BrN2O3.ClH/c14-10-6-13-12(18-8-19-13)5-9(10)11(7-17)16-3-1-15-2-4-16;/h5-6,11,15,17H,1-4,7-8H2;1H/t11-;/m0./s1. The van der Waals surface area contributed by atoms with E-state index in [2.05, 4.69) is 26.1 Å². The van der Waals surface area contributed by atoms with Crippen molar-refractivity contribution in [3.8, 4) is 11.5 Å². The van der Waals surface area contributed by atoms with Crippen molar-refractivity contribution in [2.75, 3.05) is 39.6 Å². The molecule has 0 amide bonds. The van der Waals surface area contributed by atoms with Crippen LogP contribution in [0.25, 0.3) is 0 Å². The van der Waals surface area contributed by atoms with Crippen LogP contribution in [0.2, 0.25) is 0 Å². The molecule has 0 saturated carbocycles. The average Bonchev–Trinajstić information content (AvgIpc) is 2.88. The van der Waals surface area contributed by atoms with Crippen LogP contribution < -0.4 is 14.8 Å². The van der Waals surface area contributed by atoms with Gasteiger partial charge in [-0.05, 0) is 17.7 Å². The number of piperazine rings is 1. The van der Waals surface area contributed by atoms with E-state index in [0.29, 0.717) is 0 Å². The topological polar surface area (TPSA) is 54.0 Å². The lowest BCUT2D eigenvalue weighted by atomic mass is 10.0. The average molecular weight is 366 g/mol. The van der Waals surface area contributed by atoms with E-state index >= 15 is 0 Å². The first-order valence-electron chi connectivity index (χ1n) is 6.44. The first kappa shape index (κ1) is 15.9. The van der Waals surface area contributed by atoms with Crippen LogP contribution in [-0.4, -0.2) is 49.6 Å². The van der Waals surface area contributed by atoms with Crippen molar-refractivity contribution in [1.82, 2.24) is 10.2 Å². The number of halogens is 2. The summed E-state index contributed by atoms with van der Waals surface area (Å²) in [7, 11) is 0. The summed E-state index contributed by atoms with van der Waals surface area (Å²) in [6.07, 6.45) is 0. The summed E-state index contributed by atoms with van der Waals surface area (Å²) in [4.78, 5) is 2.29. The highest BCUT2D eigenvalue weighted by atomic mass is 79.9. The number of fused-ring (bicyclic) bond motifs is 1. The molecule has 2 aliphatic heterocycles. The van der Waals surface area contributed by atoms with Gasteiger partial charge in [0.1, 0.15) is 0 Å². The molecule has 2 heterocycles. The fourth-order valence-corrected chi connectivity index (χ4v) is 3.18. The Morgan fingerprint density at radius 2 is 1.90 bits per heavy atom. The van der Waals surface area contributed by atoms with E-state index in [9.17, 15) is 5.11 Å². The van der Waals surface area contributed by atoms with Gasteiger partial charge in [0.2, 0.25) is 6.79 Å². The van der Waals surface area contributed by atoms with Gasteiger partial charge in [0, 0.05) is 30.7 Å². The van der Waals surface area contributed by atoms with Gasteiger partial charge in [0.15, 0.2) is 11.5 Å². The molecular formula is C13H18BrClN2O3. The van der Waals surface area contributed by atoms with Gasteiger partial charge in [-0.1, -0.05) is 15.9 Å². The second kappa shape index (κ2) is 6.95. The van der Waals surface area contributed by atoms with Gasteiger partial charge in [0.25, 0.3) is 0 Å². The van der Waals surface area contributed by atoms with Gasteiger partial charge in [-0.15, -0.1) is 12.4 Å². The van der Waals surface area contributed by atoms with Gasteiger partial charge in [-0.2, -0.15) is 0 Å². The minimum absolute atomic E-state index is 0. The highest BCUT2D eigenvalue weighted by Gasteiger charge is 2.26. The zero-order chi connectivity index (χ0) is 13.2. The smallest absolute Gasteiger partial charge is 0.231 e. The van der Waals surface area contributed by atoms with Crippen LogP contribution >= 0.6 is 28.3 Å². The molecule has 0 aromatic heterocycles. The molecule has 1 aromatic carbocycles. The predicted octanol–water partition coefficient (Wildman–Crippen LogP) is 1.54. The number of ether oxygens (including phenoxy) is 2. The van der Waals surface area contributed by atoms with Crippen LogP contribution in [0.4, 0.5) is 0 Å². The van der Waals surface area contributed by atoms with Crippen molar-refractivity contribution in [2.45, 2.75) is 6.04 Å². The predicted molar refractivity (Wildman–Crippen MR) is 81.8 cm³/mol. The van der Waals surface area contributed by atoms with Crippen LogP contribution in [0.15, 0.2) is 16.6 Å². The van der Waals surface area contributed by atoms with E-state index in [1.54, 1.807) is 0 Å². The Balaban J connectivity index is 0.00000147. The third kappa shape index (κ3) is 3.04. The highest BCUT2D eigenvalue weighted by molar-refractivity contribution is 9.10. The van der Waals surface area contributed by atoms with Crippen molar-refractivity contribution < 1.29 is 14.6 Å². The number of hydrogen-bond acceptors (Lipinski definition) is 5. The summed E-state index contributed by atoms with van der Waals surface area (Å²) in [5.41, 5.74) is 1.05. The lowest BCUT2D eigenvalue weighted by Gasteiger charge is -2.34. The number of rotatable bonds is 3. The molecule has 1 fully saturated rings. The number of nitrogens with one attached hydrogen (secondary N) is 1. The third-order valence-electron chi connectivity index (χ3n) is 3.62. The summed E-state index contributed by atoms with van der Waals surface area (Å²) in [5, 5.41) is 13.1. The largest absolute Gasteiger partial charge is 0.454 e. The number of benzene rings is 1. The molecule has 1 atom stereocenters. The van der Waals surface area contributed by atoms with Gasteiger partial charge < -0.3 is 19.9 Å². The second-order valence-electron chi connectivity index (χ2n) is 4.71. The fraction of sp³-hybridized carbons (Fsp3) is 0.538. The van der Waals surface area contributed by atoms with Gasteiger partial charge in [-0.25, -0.2) is 0 Å². The molecule has 0 radical (unpaired) electrons. The first-order chi connectivity index (χ1) is 9.29. The van der Waals surface area contributed by atoms with Crippen LogP contribution in [0.3, 0.4) is 0 Å². The zero-order valence-electron chi connectivity index (χ0n) is 11.0. The minimum Gasteiger partial charge on any atom is -0.454 e. The Morgan fingerprint density at radius 1 is 1.25 bits per heavy atom. The maximum atomic E-state index is 9.75. The van der Waals surface area contributed by atoms with Gasteiger partial charge >= 0.3 is 0 Å². The molecular weight excluding hydrogens is 348 g/mol. The maximum Gasteiger partial charge on any atom is 0.231 e. The maximum absolute atomic E-state index is 9.75. The monoisotopic (exact) mass is 364 g/mol. The SMILES string of the molecule is Cl.OC[C@@H](c1cc2c(cc1Br)OCO2)N1CCNCC1. The van der Waals surface area contributed by atoms with E-state index in [-0.39, 0.29) is 31.8 Å². The normalized spacial score (nSPS) is 19.5. The molecule has 3 rings (SSSR count). The van der Waals surface area contributed by atoms with E-state index in [1.165, 1.54) is 0 Å². The molecule has 5 nitrogen and oxygen atoms in total. The summed E-state index contributed by atoms with van der Waals surface area (Å²) in [6.45, 7) is 4.15. The Bertz CT molecular complexity index is 469. The van der Waals surface area contributed by atoms with Gasteiger partial charge in [0.05, 0.1) is 12.6 Å². The molecule has 0 aliphatic carbocycles. The molecule has 1 saturated heterocycles. The number of aliphatic hydroxyl groups excluding tert-OH is 1. The fourth-order valence-electron chi connectivity index (χ4n) is 2.59. The quantitative estimate of drug-likeness (QED) is 0.851. The lowest BCUT2D eigenvalue weighted by molar-refractivity contribution is 0.110. The van der Waals surface area contributed by atoms with E-state index in [4.69, 9.17) is 9.47 Å². The molecule has 112 valence electrons. The van der Waals surface area contributed by atoms with Gasteiger partial charge in [-0.3, -0.25) is 4.90 Å². The van der Waals surface area contributed by atoms with Crippen molar-refractivity contribution >= 4 is 28.3 Å². The summed E-state index contributed by atoms with van der Waals surface area (Å²) in [5.74, 6) is 1.51. The van der Waals surface area contributed by atoms with E-state index in [0.717, 1.165) is 47.7 Å². The molecule has 2 aliphatic rings. The van der Waals surface area contributed by atoms with Crippen molar-refractivity contribution in [3.63, 3.8) is 0 Å². The van der Waals surface area contributed by atoms with Crippen molar-refractivity contribution in [1.29, 1.82) is 0 Å². The van der Waals surface area contributed by atoms with Crippen LogP contribution in [0, 0.1) is 0 Å². The summed E-state index contributed by atoms with van der Waals surface area (Å²) >= 11 is 3.57. The molecule has 1 aromatic rings. The molecule has 0 unspecified atom stereocenters. The lowest BCUT2D eigenvalue weighted by Crippen LogP contribution is -2.46. The summed E-state index contributed by atoms with van der Waals surface area (Å²) < 4.78 is 11.7. The van der Waals surface area contributed by atoms with Crippen molar-refractivity contribution in [2.24, 2.45) is 0 Å². The minimum atomic E-state index is -0.00836. The molecule has 0 spiro atoms. The number of hydrogen-bond donors (Lipinski definition) is 2. The molecule has 20 heavy (non-hydrogen) atoms. The third-order valence-corrected chi connectivity index (χ3v) is 4.30. The summed E-state index contributed by atoms with van der Waals surface area (Å²) in [6, 6.07) is 3.88. The van der Waals surface area contributed by atoms with E-state index in [1.807, 2.05) is 12.1 Å². The van der Waals surface area contributed by atoms with Crippen LogP contribution in [0.5, 0.6) is 11.5 Å². The van der Waals surface area contributed by atoms with Crippen LogP contribution in [-0.2, 0) is 0 Å². The zero-order valence-corrected chi connectivity index (χ0v) is 13.4. The Hall–Kier alpha value is -0.530. The molecule has 0 bridgehead atoms. The van der Waals surface area contributed by atoms with Crippen LogP contribution in [0.1, 0.15) is 11.6 Å². The molecule has 2 N–H and O–H groups in total. The Morgan fingerprint density at radius 3 is 2.55 bits per heavy atom. The Kier molecular flexibility index (Phi) is 5.51.